The van der Waals surface area contributed by atoms with Gasteiger partial charge >= 0.3 is 0 Å². The predicted octanol–water partition coefficient (Wildman–Crippen LogP) is 0.190. The van der Waals surface area contributed by atoms with Gasteiger partial charge in [-0.1, -0.05) is 0 Å². The highest BCUT2D eigenvalue weighted by Gasteiger charge is 2.24. The molecule has 31 heavy (non-hydrogen) atoms. The fourth-order valence-electron chi connectivity index (χ4n) is 3.19. The van der Waals surface area contributed by atoms with E-state index in [0.29, 0.717) is 29.5 Å². The Hall–Kier alpha value is -3.64. The molecule has 0 saturated heterocycles. The summed E-state index contributed by atoms with van der Waals surface area (Å²) in [4.78, 5) is 25.8. The first-order valence-electron chi connectivity index (χ1n) is 9.64. The van der Waals surface area contributed by atoms with Crippen LogP contribution in [0.15, 0.2) is 17.1 Å². The van der Waals surface area contributed by atoms with Crippen LogP contribution in [0, 0.1) is 0 Å². The topological polar surface area (TPSA) is 182 Å². The van der Waals surface area contributed by atoms with E-state index >= 15 is 0 Å². The molecule has 1 aliphatic heterocycles. The number of benzene rings is 1. The average molecular weight is 429 g/mol. The second kappa shape index (κ2) is 9.02. The Bertz CT molecular complexity index is 1020. The number of aliphatic imine (C=N–C) groups is 1. The van der Waals surface area contributed by atoms with Gasteiger partial charge in [0.15, 0.2) is 11.5 Å². The number of rotatable bonds is 2. The monoisotopic (exact) mass is 428 g/mol. The van der Waals surface area contributed by atoms with E-state index in [2.05, 4.69) is 30.9 Å². The van der Waals surface area contributed by atoms with Gasteiger partial charge < -0.3 is 37.2 Å². The molecule has 1 atom stereocenters. The summed E-state index contributed by atoms with van der Waals surface area (Å²) in [6.07, 6.45) is 0. The van der Waals surface area contributed by atoms with Crippen molar-refractivity contribution in [2.75, 3.05) is 54.9 Å². The van der Waals surface area contributed by atoms with E-state index in [0.717, 1.165) is 5.56 Å². The van der Waals surface area contributed by atoms with Crippen LogP contribution < -0.4 is 38.3 Å². The van der Waals surface area contributed by atoms with Crippen molar-refractivity contribution < 1.29 is 9.53 Å². The Balaban J connectivity index is 2.21. The van der Waals surface area contributed by atoms with Crippen LogP contribution in [0.2, 0.25) is 0 Å². The number of nitrogens with two attached hydrogens (primary N) is 3. The lowest BCUT2D eigenvalue weighted by atomic mass is 10.1. The van der Waals surface area contributed by atoms with Crippen molar-refractivity contribution in [3.8, 4) is 0 Å². The minimum Gasteiger partial charge on any atom is -0.395 e. The van der Waals surface area contributed by atoms with E-state index in [1.165, 1.54) is 12.1 Å². The van der Waals surface area contributed by atoms with Gasteiger partial charge in [-0.25, -0.2) is 10.8 Å². The number of hydrazine groups is 1. The number of hydrogen-bond donors (Lipinski definition) is 6. The van der Waals surface area contributed by atoms with Crippen molar-refractivity contribution in [2.45, 2.75) is 19.6 Å². The molecular formula is C19H28N10O2. The standard InChI is InChI=1S/C19H28N10O2/c1-9-7-31-8-10-5-11(13(20)12(6-10)29(4)22)26-19-27-15(14(21)17(24-3)28-19)16(23-2)18(30)25-9/h5-6,9H,7-8,20-22H2,1-4H3,(H,25,30)(H2,24,26,27,28). The number of ether oxygens (including phenoxy) is 1. The number of nitrogens with zero attached hydrogens (tertiary/aromatic N) is 4. The second-order valence-electron chi connectivity index (χ2n) is 7.18. The van der Waals surface area contributed by atoms with Crippen LogP contribution >= 0.6 is 0 Å². The summed E-state index contributed by atoms with van der Waals surface area (Å²) in [7, 11) is 4.86. The van der Waals surface area contributed by atoms with Crippen LogP contribution in [0.25, 0.3) is 0 Å². The van der Waals surface area contributed by atoms with Crippen molar-refractivity contribution in [1.29, 1.82) is 0 Å². The molecule has 1 unspecified atom stereocenters. The van der Waals surface area contributed by atoms with Gasteiger partial charge in [0.25, 0.3) is 5.91 Å². The van der Waals surface area contributed by atoms with E-state index in [4.69, 9.17) is 22.0 Å². The molecule has 166 valence electrons. The average Bonchev–Trinajstić information content (AvgIpc) is 2.71. The number of nitrogen functional groups attached to an aromatic ring is 2. The molecule has 1 aliphatic rings. The van der Waals surface area contributed by atoms with Crippen LogP contribution in [0.5, 0.6) is 0 Å². The van der Waals surface area contributed by atoms with Gasteiger partial charge in [0, 0.05) is 27.2 Å². The molecule has 0 aliphatic carbocycles. The molecule has 1 amide bonds. The van der Waals surface area contributed by atoms with E-state index in [1.807, 2.05) is 19.1 Å². The zero-order chi connectivity index (χ0) is 22.7. The highest BCUT2D eigenvalue weighted by atomic mass is 16.5. The first-order chi connectivity index (χ1) is 14.7. The van der Waals surface area contributed by atoms with Crippen LogP contribution in [0.1, 0.15) is 18.2 Å². The molecule has 12 heteroatoms. The summed E-state index contributed by atoms with van der Waals surface area (Å²) in [6, 6.07) is 3.40. The number of aromatic nitrogens is 2. The molecule has 0 saturated carbocycles. The number of fused-ring (bicyclic) bond motifs is 4. The van der Waals surface area contributed by atoms with Gasteiger partial charge in [-0.3, -0.25) is 9.79 Å². The Kier molecular flexibility index (Phi) is 6.42. The molecule has 12 nitrogen and oxygen atoms in total. The Morgan fingerprint density at radius 1 is 1.29 bits per heavy atom. The predicted molar refractivity (Wildman–Crippen MR) is 122 cm³/mol. The van der Waals surface area contributed by atoms with Crippen LogP contribution in [0.4, 0.5) is 34.5 Å². The summed E-state index contributed by atoms with van der Waals surface area (Å²) in [5.41, 5.74) is 15.4. The number of carbonyl (C=O) groups excluding carboxylic acids is 1. The largest absolute Gasteiger partial charge is 0.395 e. The summed E-state index contributed by atoms with van der Waals surface area (Å²) in [5.74, 6) is 6.07. The highest BCUT2D eigenvalue weighted by Crippen LogP contribution is 2.33. The quantitative estimate of drug-likeness (QED) is 0.219. The van der Waals surface area contributed by atoms with Crippen LogP contribution in [-0.2, 0) is 16.1 Å². The van der Waals surface area contributed by atoms with Crippen molar-refractivity contribution in [1.82, 2.24) is 15.3 Å². The Labute approximate surface area is 180 Å². The Morgan fingerprint density at radius 3 is 2.68 bits per heavy atom. The van der Waals surface area contributed by atoms with Crippen molar-refractivity contribution in [3.63, 3.8) is 0 Å². The molecular weight excluding hydrogens is 400 g/mol. The van der Waals surface area contributed by atoms with Gasteiger partial charge in [0.1, 0.15) is 11.4 Å². The second-order valence-corrected chi connectivity index (χ2v) is 7.18. The number of amides is 1. The fourth-order valence-corrected chi connectivity index (χ4v) is 3.19. The van der Waals surface area contributed by atoms with Crippen molar-refractivity contribution >= 4 is 46.1 Å². The third kappa shape index (κ3) is 4.59. The zero-order valence-electron chi connectivity index (χ0n) is 18.0. The molecule has 0 radical (unpaired) electrons. The van der Waals surface area contributed by atoms with Gasteiger partial charge in [-0.05, 0) is 24.6 Å². The first kappa shape index (κ1) is 22.1. The fraction of sp³-hybridized carbons (Fsp3) is 0.368. The van der Waals surface area contributed by atoms with Gasteiger partial charge in [0.2, 0.25) is 5.95 Å². The first-order valence-corrected chi connectivity index (χ1v) is 9.64. The lowest BCUT2D eigenvalue weighted by Crippen LogP contribution is -2.41. The SMILES string of the molecule is CN=C1C(=O)NC(C)COCc2cc(c(N)c(N(C)N)c2)Nc2nc(NC)c(N)c1n2. The Morgan fingerprint density at radius 2 is 2.03 bits per heavy atom. The van der Waals surface area contributed by atoms with Gasteiger partial charge in [-0.2, -0.15) is 4.98 Å². The number of anilines is 6. The lowest BCUT2D eigenvalue weighted by molar-refractivity contribution is -0.115. The van der Waals surface area contributed by atoms with E-state index in [1.54, 1.807) is 14.1 Å². The smallest absolute Gasteiger partial charge is 0.272 e. The number of carbonyl (C=O) groups is 1. The van der Waals surface area contributed by atoms with Crippen molar-refractivity contribution in [3.05, 3.63) is 23.4 Å². The summed E-state index contributed by atoms with van der Waals surface area (Å²) < 4.78 is 5.78. The maximum atomic E-state index is 12.8. The number of hydrogen-bond acceptors (Lipinski definition) is 11. The lowest BCUT2D eigenvalue weighted by Gasteiger charge is -2.22. The molecule has 3 rings (SSSR count). The summed E-state index contributed by atoms with van der Waals surface area (Å²) >= 11 is 0. The normalized spacial score (nSPS) is 18.0. The minimum atomic E-state index is -0.417. The third-order valence-electron chi connectivity index (χ3n) is 4.70. The van der Waals surface area contributed by atoms with E-state index < -0.39 is 5.91 Å². The molecule has 9 N–H and O–H groups in total. The molecule has 0 spiro atoms. The molecule has 4 bridgehead atoms. The van der Waals surface area contributed by atoms with E-state index in [-0.39, 0.29) is 35.7 Å². The molecule has 2 aromatic rings. The molecule has 2 heterocycles. The maximum Gasteiger partial charge on any atom is 0.272 e. The van der Waals surface area contributed by atoms with Gasteiger partial charge in [0.05, 0.1) is 30.3 Å². The van der Waals surface area contributed by atoms with Crippen molar-refractivity contribution in [2.24, 2.45) is 10.8 Å². The summed E-state index contributed by atoms with van der Waals surface area (Å²) in [6.45, 7) is 2.41. The van der Waals surface area contributed by atoms with Gasteiger partial charge in [-0.15, -0.1) is 0 Å². The highest BCUT2D eigenvalue weighted by molar-refractivity contribution is 6.46. The maximum absolute atomic E-state index is 12.8. The zero-order valence-corrected chi connectivity index (χ0v) is 18.0. The molecule has 1 aromatic heterocycles. The third-order valence-corrected chi connectivity index (χ3v) is 4.70. The minimum absolute atomic E-state index is 0.0764. The number of nitrogens with one attached hydrogen (secondary N) is 3. The molecule has 1 aromatic carbocycles. The molecule has 0 fully saturated rings. The van der Waals surface area contributed by atoms with E-state index in [9.17, 15) is 4.79 Å². The van der Waals surface area contributed by atoms with Crippen LogP contribution in [-0.4, -0.2) is 55.4 Å². The summed E-state index contributed by atoms with van der Waals surface area (Å²) in [5, 5.41) is 10.3. The van der Waals surface area contributed by atoms with Crippen LogP contribution in [0.3, 0.4) is 0 Å².